The van der Waals surface area contributed by atoms with Crippen LogP contribution < -0.4 is 5.32 Å². The van der Waals surface area contributed by atoms with Gasteiger partial charge in [-0.2, -0.15) is 0 Å². The first kappa shape index (κ1) is 51.0. The van der Waals surface area contributed by atoms with Crippen molar-refractivity contribution in [1.29, 1.82) is 0 Å². The number of amides is 1. The average molecular weight is 916 g/mol. The van der Waals surface area contributed by atoms with Gasteiger partial charge in [0.25, 0.3) is 0 Å². The maximum atomic E-state index is 13.7. The molecule has 0 radical (unpaired) electrons. The van der Waals surface area contributed by atoms with Crippen molar-refractivity contribution in [2.24, 2.45) is 0 Å². The Balaban J connectivity index is 1.01. The number of rotatable bonds is 26. The van der Waals surface area contributed by atoms with Crippen molar-refractivity contribution < 1.29 is 33.3 Å². The number of hydrogen-bond acceptors (Lipinski definition) is 7. The highest BCUT2D eigenvalue weighted by Gasteiger charge is 2.50. The van der Waals surface area contributed by atoms with Crippen molar-refractivity contribution in [3.8, 4) is 0 Å². The highest BCUT2D eigenvalue weighted by Crippen LogP contribution is 2.37. The molecule has 1 fully saturated rings. The van der Waals surface area contributed by atoms with Gasteiger partial charge in [0.05, 0.1) is 13.2 Å². The van der Waals surface area contributed by atoms with E-state index >= 15 is 0 Å². The molecule has 0 bridgehead atoms. The first-order valence-corrected chi connectivity index (χ1v) is 27.9. The lowest BCUT2D eigenvalue weighted by Gasteiger charge is -2.45. The number of esters is 1. The van der Waals surface area contributed by atoms with Crippen molar-refractivity contribution in [1.82, 2.24) is 5.32 Å². The lowest BCUT2D eigenvalue weighted by molar-refractivity contribution is -0.276. The van der Waals surface area contributed by atoms with Gasteiger partial charge in [-0.1, -0.05) is 187 Å². The molecule has 0 saturated carbocycles. The third-order valence-corrected chi connectivity index (χ3v) is 18.4. The smallest absolute Gasteiger partial charge is 0.306 e. The molecular formula is C57H77NO7Si. The summed E-state index contributed by atoms with van der Waals surface area (Å²) < 4.78 is 25.7. The van der Waals surface area contributed by atoms with E-state index in [9.17, 15) is 14.7 Å². The molecule has 1 amide bonds. The molecule has 1 aliphatic rings. The summed E-state index contributed by atoms with van der Waals surface area (Å²) >= 11 is 0. The molecular weight excluding hydrogens is 839 g/mol. The molecule has 0 aliphatic carbocycles. The predicted octanol–water partition coefficient (Wildman–Crippen LogP) is 13.0. The number of nitrogens with one attached hydrogen (secondary N) is 1. The lowest BCUT2D eigenvalue weighted by atomic mass is 9.96. The first-order chi connectivity index (χ1) is 31.9. The Labute approximate surface area is 396 Å². The number of ether oxygens (including phenoxy) is 3. The van der Waals surface area contributed by atoms with Crippen molar-refractivity contribution >= 4 is 41.7 Å². The second-order valence-corrected chi connectivity index (χ2v) is 24.8. The summed E-state index contributed by atoms with van der Waals surface area (Å²) in [5.74, 6) is -0.583. The molecule has 2 N–H and O–H groups in total. The monoisotopic (exact) mass is 916 g/mol. The summed E-state index contributed by atoms with van der Waals surface area (Å²) in [7, 11) is -2.24. The van der Waals surface area contributed by atoms with Crippen LogP contribution in [0.3, 0.4) is 0 Å². The maximum Gasteiger partial charge on any atom is 0.306 e. The summed E-state index contributed by atoms with van der Waals surface area (Å²) in [6, 6.07) is 39.1. The standard InChI is InChI=1S/C57H77NO7Si/c1-57(2,3)66(4,5)63-42-50-54(61)55(65-52(60)40-20-13-9-7-11-18-30-45-34-26-36-47-32-22-24-38-49(45)47)53(56(64-50)62-41-43-27-15-14-16-28-43)58-51(59)39-19-12-8-6-10-17-29-44-33-25-35-46-31-21-23-37-48(44)46/h14-16,21-28,31-38,50,53-56,61H,6-13,17-20,29-30,39-42H2,1-5H3,(H,58,59)/t50-,53-,54-,55-,56-/m1/s1. The minimum absolute atomic E-state index is 0.0630. The van der Waals surface area contributed by atoms with E-state index in [2.05, 4.69) is 124 Å². The molecule has 1 heterocycles. The van der Waals surface area contributed by atoms with Crippen LogP contribution in [0.5, 0.6) is 0 Å². The van der Waals surface area contributed by atoms with Crippen molar-refractivity contribution in [3.63, 3.8) is 0 Å². The maximum absolute atomic E-state index is 13.7. The summed E-state index contributed by atoms with van der Waals surface area (Å²) in [4.78, 5) is 27.3. The van der Waals surface area contributed by atoms with Gasteiger partial charge in [-0.05, 0) is 94.9 Å². The molecule has 1 aliphatic heterocycles. The van der Waals surface area contributed by atoms with E-state index in [-0.39, 0.29) is 30.6 Å². The van der Waals surface area contributed by atoms with Gasteiger partial charge < -0.3 is 29.1 Å². The number of unbranched alkanes of at least 4 members (excludes halogenated alkanes) is 10. The number of benzene rings is 5. The number of aryl methyl sites for hydroxylation is 2. The van der Waals surface area contributed by atoms with Gasteiger partial charge in [0.15, 0.2) is 20.7 Å². The second kappa shape index (κ2) is 25.7. The molecule has 5 atom stereocenters. The Bertz CT molecular complexity index is 2230. The molecule has 5 aromatic rings. The third kappa shape index (κ3) is 15.3. The molecule has 0 spiro atoms. The van der Waals surface area contributed by atoms with Gasteiger partial charge in [0, 0.05) is 12.8 Å². The molecule has 1 saturated heterocycles. The van der Waals surface area contributed by atoms with Gasteiger partial charge in [-0.3, -0.25) is 9.59 Å². The molecule has 0 aromatic heterocycles. The Morgan fingerprint density at radius 1 is 0.636 bits per heavy atom. The Morgan fingerprint density at radius 3 is 1.71 bits per heavy atom. The average Bonchev–Trinajstić information content (AvgIpc) is 3.31. The minimum Gasteiger partial charge on any atom is -0.457 e. The van der Waals surface area contributed by atoms with Gasteiger partial charge in [0.2, 0.25) is 5.91 Å². The largest absolute Gasteiger partial charge is 0.457 e. The topological polar surface area (TPSA) is 103 Å². The summed E-state index contributed by atoms with van der Waals surface area (Å²) in [6.45, 7) is 11.1. The Morgan fingerprint density at radius 2 is 1.14 bits per heavy atom. The SMILES string of the molecule is CC(C)(C)[Si](C)(C)OC[C@H]1O[C@@H](OCc2ccccc2)[C@H](NC(=O)CCCCCCCCc2cccc3ccccc23)[C@@H](OC(=O)CCCCCCCCc2cccc3ccccc23)[C@@H]1O. The van der Waals surface area contributed by atoms with Crippen molar-refractivity contribution in [2.75, 3.05) is 6.61 Å². The number of aliphatic hydroxyl groups excluding tert-OH is 1. The predicted molar refractivity (Wildman–Crippen MR) is 271 cm³/mol. The fourth-order valence-corrected chi connectivity index (χ4v) is 9.85. The van der Waals surface area contributed by atoms with Crippen LogP contribution in [0.1, 0.15) is 127 Å². The van der Waals surface area contributed by atoms with Crippen molar-refractivity contribution in [2.45, 2.75) is 179 Å². The normalized spacial score (nSPS) is 19.0. The van der Waals surface area contributed by atoms with Gasteiger partial charge in [-0.25, -0.2) is 0 Å². The first-order valence-electron chi connectivity index (χ1n) is 24.9. The number of aliphatic hydroxyl groups is 1. The van der Waals surface area contributed by atoms with E-state index < -0.39 is 44.9 Å². The number of fused-ring (bicyclic) bond motifs is 2. The zero-order chi connectivity index (χ0) is 46.8. The van der Waals surface area contributed by atoms with Crippen LogP contribution in [0.15, 0.2) is 115 Å². The third-order valence-electron chi connectivity index (χ3n) is 13.9. The van der Waals surface area contributed by atoms with Crippen LogP contribution in [0.2, 0.25) is 18.1 Å². The molecule has 5 aromatic carbocycles. The molecule has 356 valence electrons. The summed E-state index contributed by atoms with van der Waals surface area (Å²) in [6.07, 6.45) is 10.7. The molecule has 6 rings (SSSR count). The minimum atomic E-state index is -2.24. The van der Waals surface area contributed by atoms with E-state index in [1.54, 1.807) is 0 Å². The Kier molecular flexibility index (Phi) is 19.8. The highest BCUT2D eigenvalue weighted by atomic mass is 28.4. The fraction of sp³-hybridized carbons (Fsp3) is 0.509. The Hall–Kier alpha value is -4.38. The molecule has 0 unspecified atom stereocenters. The van der Waals surface area contributed by atoms with E-state index in [4.69, 9.17) is 18.6 Å². The van der Waals surface area contributed by atoms with E-state index in [1.807, 2.05) is 30.3 Å². The van der Waals surface area contributed by atoms with Crippen molar-refractivity contribution in [3.05, 3.63) is 132 Å². The highest BCUT2D eigenvalue weighted by molar-refractivity contribution is 6.74. The second-order valence-electron chi connectivity index (χ2n) is 20.0. The van der Waals surface area contributed by atoms with Crippen LogP contribution in [-0.2, 0) is 47.7 Å². The fourth-order valence-electron chi connectivity index (χ4n) is 8.84. The molecule has 8 nitrogen and oxygen atoms in total. The van der Waals surface area contributed by atoms with E-state index in [1.165, 1.54) is 32.7 Å². The number of carbonyl (C=O) groups is 2. The van der Waals surface area contributed by atoms with Crippen LogP contribution in [0, 0.1) is 0 Å². The molecule has 66 heavy (non-hydrogen) atoms. The summed E-state index contributed by atoms with van der Waals surface area (Å²) in [5.41, 5.74) is 3.74. The lowest BCUT2D eigenvalue weighted by Crippen LogP contribution is -2.66. The van der Waals surface area contributed by atoms with Crippen LogP contribution in [0.4, 0.5) is 0 Å². The quantitative estimate of drug-likeness (QED) is 0.0323. The van der Waals surface area contributed by atoms with Gasteiger partial charge >= 0.3 is 5.97 Å². The van der Waals surface area contributed by atoms with Crippen LogP contribution in [-0.4, -0.2) is 62.6 Å². The molecule has 9 heteroatoms. The number of carbonyl (C=O) groups excluding carboxylic acids is 2. The van der Waals surface area contributed by atoms with Gasteiger partial charge in [0.1, 0.15) is 18.2 Å². The summed E-state index contributed by atoms with van der Waals surface area (Å²) in [5, 5.41) is 20.3. The zero-order valence-corrected chi connectivity index (χ0v) is 41.5. The van der Waals surface area contributed by atoms with Crippen LogP contribution in [0.25, 0.3) is 21.5 Å². The zero-order valence-electron chi connectivity index (χ0n) is 40.5. The van der Waals surface area contributed by atoms with E-state index in [0.717, 1.165) is 89.0 Å². The van der Waals surface area contributed by atoms with Crippen LogP contribution >= 0.6 is 0 Å². The van der Waals surface area contributed by atoms with Gasteiger partial charge in [-0.15, -0.1) is 0 Å². The number of hydrogen-bond donors (Lipinski definition) is 2. The van der Waals surface area contributed by atoms with E-state index in [0.29, 0.717) is 12.8 Å².